The minimum absolute atomic E-state index is 0.0566. The van der Waals surface area contributed by atoms with Crippen molar-refractivity contribution in [3.63, 3.8) is 0 Å². The van der Waals surface area contributed by atoms with E-state index < -0.39 is 34.6 Å². The number of halogens is 4. The molecule has 0 radical (unpaired) electrons. The summed E-state index contributed by atoms with van der Waals surface area (Å²) in [6.45, 7) is 3.40. The highest BCUT2D eigenvalue weighted by molar-refractivity contribution is 7.98. The lowest BCUT2D eigenvalue weighted by Gasteiger charge is -2.38. The van der Waals surface area contributed by atoms with Crippen LogP contribution in [0.4, 0.5) is 28.9 Å². The highest BCUT2D eigenvalue weighted by Crippen LogP contribution is 2.35. The molecule has 0 N–H and O–H groups in total. The van der Waals surface area contributed by atoms with Crippen LogP contribution in [0.15, 0.2) is 36.4 Å². The van der Waals surface area contributed by atoms with Crippen molar-refractivity contribution in [2.75, 3.05) is 35.5 Å². The van der Waals surface area contributed by atoms with E-state index in [1.807, 2.05) is 6.26 Å². The second kappa shape index (κ2) is 11.7. The van der Waals surface area contributed by atoms with Gasteiger partial charge >= 0.3 is 6.18 Å². The van der Waals surface area contributed by atoms with Crippen LogP contribution in [0.3, 0.4) is 0 Å². The number of alkyl halides is 3. The van der Waals surface area contributed by atoms with Crippen molar-refractivity contribution < 1.29 is 27.1 Å². The lowest BCUT2D eigenvalue weighted by atomic mass is 9.99. The molecule has 0 unspecified atom stereocenters. The summed E-state index contributed by atoms with van der Waals surface area (Å²) in [4.78, 5) is 15.8. The minimum atomic E-state index is -4.77. The molecule has 11 heteroatoms. The Morgan fingerprint density at radius 3 is 2.40 bits per heavy atom. The number of nitrogens with zero attached hydrogens (tertiary/aromatic N) is 3. The lowest BCUT2D eigenvalue weighted by molar-refractivity contribution is -0.137. The van der Waals surface area contributed by atoms with Crippen molar-refractivity contribution in [3.05, 3.63) is 53.3 Å². The highest BCUT2D eigenvalue weighted by atomic mass is 32.2. The standard InChI is InChI=1S/C24H25F4N3O2S2/c1-23(2,22(32)30(3)17-7-6-16(14-29)19(12-17)24(26,27)28)31(15-34)18-8-9-21(20(25)13-18)33-10-5-11-35-4/h6-9,12-13,15H,5,10-11H2,1-4H3. The summed E-state index contributed by atoms with van der Waals surface area (Å²) < 4.78 is 60.3. The predicted molar refractivity (Wildman–Crippen MR) is 135 cm³/mol. The number of benzene rings is 2. The second-order valence-electron chi connectivity index (χ2n) is 8.05. The normalized spacial score (nSPS) is 11.5. The molecule has 0 aliphatic heterocycles. The summed E-state index contributed by atoms with van der Waals surface area (Å²) in [5.41, 5.74) is -1.68. The van der Waals surface area contributed by atoms with Crippen LogP contribution in [0, 0.1) is 17.1 Å². The van der Waals surface area contributed by atoms with Crippen molar-refractivity contribution in [1.82, 2.24) is 0 Å². The molecule has 0 saturated heterocycles. The number of thiocarbonyl (C=S) groups is 1. The third-order valence-electron chi connectivity index (χ3n) is 5.30. The first-order valence-corrected chi connectivity index (χ1v) is 12.3. The SMILES string of the molecule is CSCCCOc1ccc(N(C=S)C(C)(C)C(=O)N(C)c2ccc(C#N)c(C(F)(F)F)c2)cc1F. The lowest BCUT2D eigenvalue weighted by Crippen LogP contribution is -2.55. The van der Waals surface area contributed by atoms with Gasteiger partial charge in [0, 0.05) is 24.5 Å². The smallest absolute Gasteiger partial charge is 0.417 e. The first-order valence-electron chi connectivity index (χ1n) is 10.4. The van der Waals surface area contributed by atoms with E-state index in [9.17, 15) is 22.4 Å². The van der Waals surface area contributed by atoms with Crippen molar-refractivity contribution in [3.8, 4) is 11.8 Å². The fourth-order valence-corrected chi connectivity index (χ4v) is 4.15. The number of likely N-dealkylation sites (N-methyl/N-ethyl adjacent to an activating group) is 1. The van der Waals surface area contributed by atoms with Gasteiger partial charge in [0.2, 0.25) is 0 Å². The Bertz CT molecular complexity index is 1120. The maximum atomic E-state index is 14.7. The molecular weight excluding hydrogens is 502 g/mol. The molecule has 0 aliphatic carbocycles. The Kier molecular flexibility index (Phi) is 9.52. The second-order valence-corrected chi connectivity index (χ2v) is 9.24. The van der Waals surface area contributed by atoms with Crippen molar-refractivity contribution in [2.45, 2.75) is 32.0 Å². The molecule has 2 aromatic carbocycles. The number of ether oxygens (including phenoxy) is 1. The third kappa shape index (κ3) is 6.64. The topological polar surface area (TPSA) is 56.6 Å². The van der Waals surface area contributed by atoms with Gasteiger partial charge in [-0.25, -0.2) is 4.39 Å². The molecule has 0 aliphatic rings. The fourth-order valence-electron chi connectivity index (χ4n) is 3.36. The summed E-state index contributed by atoms with van der Waals surface area (Å²) >= 11 is 6.75. The molecule has 0 atom stereocenters. The monoisotopic (exact) mass is 527 g/mol. The number of hydrogen-bond donors (Lipinski definition) is 0. The number of thioether (sulfide) groups is 1. The van der Waals surface area contributed by atoms with Crippen LogP contribution in [0.5, 0.6) is 5.75 Å². The van der Waals surface area contributed by atoms with E-state index in [-0.39, 0.29) is 17.1 Å². The Hall–Kier alpha value is -2.84. The molecular formula is C24H25F4N3O2S2. The van der Waals surface area contributed by atoms with E-state index >= 15 is 0 Å². The van der Waals surface area contributed by atoms with Gasteiger partial charge in [-0.1, -0.05) is 12.2 Å². The number of carbonyl (C=O) groups excluding carboxylic acids is 1. The quantitative estimate of drug-likeness (QED) is 0.213. The van der Waals surface area contributed by atoms with Gasteiger partial charge < -0.3 is 14.5 Å². The number of rotatable bonds is 10. The molecule has 2 rings (SSSR count). The predicted octanol–water partition coefficient (Wildman–Crippen LogP) is 6.05. The number of anilines is 2. The maximum absolute atomic E-state index is 14.7. The van der Waals surface area contributed by atoms with Crippen LogP contribution in [-0.2, 0) is 11.0 Å². The van der Waals surface area contributed by atoms with Gasteiger partial charge in [-0.15, -0.1) is 0 Å². The third-order valence-corrected chi connectivity index (χ3v) is 6.20. The van der Waals surface area contributed by atoms with Crippen molar-refractivity contribution in [1.29, 1.82) is 5.26 Å². The molecule has 0 aromatic heterocycles. The maximum Gasteiger partial charge on any atom is 0.417 e. The largest absolute Gasteiger partial charge is 0.490 e. The van der Waals surface area contributed by atoms with Gasteiger partial charge in [-0.3, -0.25) is 4.79 Å². The number of carbonyl (C=O) groups is 1. The van der Waals surface area contributed by atoms with Crippen molar-refractivity contribution in [2.24, 2.45) is 0 Å². The molecule has 188 valence electrons. The van der Waals surface area contributed by atoms with Crippen LogP contribution in [-0.4, -0.2) is 42.6 Å². The van der Waals surface area contributed by atoms with E-state index in [0.29, 0.717) is 6.61 Å². The first kappa shape index (κ1) is 28.4. The van der Waals surface area contributed by atoms with E-state index in [0.717, 1.165) is 29.2 Å². The molecule has 35 heavy (non-hydrogen) atoms. The van der Waals surface area contributed by atoms with Gasteiger partial charge in [0.25, 0.3) is 5.91 Å². The minimum Gasteiger partial charge on any atom is -0.490 e. The number of amides is 1. The summed E-state index contributed by atoms with van der Waals surface area (Å²) in [6, 6.07) is 8.70. The average molecular weight is 528 g/mol. The zero-order valence-corrected chi connectivity index (χ0v) is 21.3. The van der Waals surface area contributed by atoms with Crippen LogP contribution in [0.25, 0.3) is 0 Å². The average Bonchev–Trinajstić information content (AvgIpc) is 2.81. The molecule has 0 bridgehead atoms. The summed E-state index contributed by atoms with van der Waals surface area (Å²) in [6.07, 6.45) is -2.04. The van der Waals surface area contributed by atoms with E-state index in [1.165, 1.54) is 55.6 Å². The Morgan fingerprint density at radius 2 is 1.86 bits per heavy atom. The summed E-state index contributed by atoms with van der Waals surface area (Å²) in [7, 11) is 1.32. The number of nitriles is 1. The molecule has 5 nitrogen and oxygen atoms in total. The molecule has 0 fully saturated rings. The van der Waals surface area contributed by atoms with Gasteiger partial charge in [0.15, 0.2) is 11.6 Å². The van der Waals surface area contributed by atoms with Gasteiger partial charge in [0.1, 0.15) is 5.54 Å². The van der Waals surface area contributed by atoms with E-state index in [2.05, 4.69) is 0 Å². The first-order chi connectivity index (χ1) is 16.4. The Morgan fingerprint density at radius 1 is 1.20 bits per heavy atom. The van der Waals surface area contributed by atoms with Crippen molar-refractivity contribution >= 4 is 46.8 Å². The van der Waals surface area contributed by atoms with Crippen LogP contribution < -0.4 is 14.5 Å². The number of hydrogen-bond acceptors (Lipinski definition) is 5. The summed E-state index contributed by atoms with van der Waals surface area (Å²) in [5, 5.41) is 9.00. The van der Waals surface area contributed by atoms with Gasteiger partial charge in [-0.05, 0) is 62.6 Å². The molecule has 1 amide bonds. The van der Waals surface area contributed by atoms with Crippen LogP contribution in [0.2, 0.25) is 0 Å². The molecule has 0 heterocycles. The van der Waals surface area contributed by atoms with Gasteiger partial charge in [-0.2, -0.15) is 30.2 Å². The fraction of sp³-hybridized carbons (Fsp3) is 0.375. The van der Waals surface area contributed by atoms with E-state index in [1.54, 1.807) is 17.8 Å². The molecule has 0 saturated carbocycles. The zero-order chi connectivity index (χ0) is 26.4. The molecule has 0 spiro atoms. The van der Waals surface area contributed by atoms with Crippen LogP contribution in [0.1, 0.15) is 31.4 Å². The zero-order valence-electron chi connectivity index (χ0n) is 19.6. The highest BCUT2D eigenvalue weighted by Gasteiger charge is 2.39. The molecule has 2 aromatic rings. The van der Waals surface area contributed by atoms with Gasteiger partial charge in [0.05, 0.1) is 29.3 Å². The Labute approximate surface area is 211 Å². The van der Waals surface area contributed by atoms with E-state index in [4.69, 9.17) is 22.2 Å². The Balaban J connectivity index is 2.33. The summed E-state index contributed by atoms with van der Waals surface area (Å²) in [5.74, 6) is -0.287. The van der Waals surface area contributed by atoms with Crippen LogP contribution >= 0.6 is 24.0 Å².